The monoisotopic (exact) mass is 400 g/mol. The van der Waals surface area contributed by atoms with E-state index in [-0.39, 0.29) is 25.0 Å². The van der Waals surface area contributed by atoms with Gasteiger partial charge in [0.1, 0.15) is 12.4 Å². The van der Waals surface area contributed by atoms with E-state index >= 15 is 0 Å². The van der Waals surface area contributed by atoms with Gasteiger partial charge in [-0.25, -0.2) is 0 Å². The third-order valence-corrected chi connectivity index (χ3v) is 3.53. The van der Waals surface area contributed by atoms with Gasteiger partial charge in [-0.1, -0.05) is 33.8 Å². The van der Waals surface area contributed by atoms with Crippen molar-refractivity contribution in [3.05, 3.63) is 58.6 Å². The average molecular weight is 401 g/mol. The van der Waals surface area contributed by atoms with Crippen molar-refractivity contribution in [1.82, 2.24) is 5.32 Å². The molecule has 0 aliphatic carbocycles. The van der Waals surface area contributed by atoms with E-state index < -0.39 is 0 Å². The molecule has 0 atom stereocenters. The number of carbonyl (C=O) groups is 2. The molecule has 0 radical (unpaired) electrons. The van der Waals surface area contributed by atoms with Gasteiger partial charge in [0.25, 0.3) is 5.91 Å². The summed E-state index contributed by atoms with van der Waals surface area (Å²) >= 11 is 3.37. The molecule has 0 saturated carbocycles. The molecule has 0 spiro atoms. The number of anilines is 1. The van der Waals surface area contributed by atoms with Crippen LogP contribution in [0, 0.1) is 11.8 Å². The lowest BCUT2D eigenvalue weighted by molar-refractivity contribution is -0.114. The average Bonchev–Trinajstić information content (AvgIpc) is 2.58. The molecule has 128 valence electrons. The first-order chi connectivity index (χ1) is 12.0. The third kappa shape index (κ3) is 6.69. The number of amides is 2. The van der Waals surface area contributed by atoms with Crippen molar-refractivity contribution in [2.24, 2.45) is 0 Å². The van der Waals surface area contributed by atoms with Crippen LogP contribution in [0.1, 0.15) is 17.3 Å². The Kier molecular flexibility index (Phi) is 7.05. The minimum atomic E-state index is -0.225. The summed E-state index contributed by atoms with van der Waals surface area (Å²) in [6.07, 6.45) is 0. The van der Waals surface area contributed by atoms with Gasteiger partial charge < -0.3 is 15.4 Å². The highest BCUT2D eigenvalue weighted by Gasteiger charge is 2.04. The minimum absolute atomic E-state index is 0.155. The van der Waals surface area contributed by atoms with Gasteiger partial charge in [0, 0.05) is 22.6 Å². The summed E-state index contributed by atoms with van der Waals surface area (Å²) < 4.78 is 6.41. The summed E-state index contributed by atoms with van der Waals surface area (Å²) in [5.74, 6) is 6.02. The first-order valence-corrected chi connectivity index (χ1v) is 8.34. The number of hydrogen-bond donors (Lipinski definition) is 2. The smallest absolute Gasteiger partial charge is 0.252 e. The van der Waals surface area contributed by atoms with E-state index in [0.717, 1.165) is 10.2 Å². The second kappa shape index (κ2) is 9.50. The van der Waals surface area contributed by atoms with Gasteiger partial charge in [-0.05, 0) is 42.5 Å². The molecule has 0 aromatic heterocycles. The highest BCUT2D eigenvalue weighted by Crippen LogP contribution is 2.17. The van der Waals surface area contributed by atoms with Crippen LogP contribution in [-0.4, -0.2) is 25.0 Å². The van der Waals surface area contributed by atoms with E-state index in [1.807, 2.05) is 24.3 Å². The summed E-state index contributed by atoms with van der Waals surface area (Å²) in [4.78, 5) is 22.9. The molecule has 2 aromatic carbocycles. The summed E-state index contributed by atoms with van der Waals surface area (Å²) in [5, 5.41) is 5.35. The Hall–Kier alpha value is -2.78. The van der Waals surface area contributed by atoms with Crippen LogP contribution in [0.25, 0.3) is 0 Å². The second-order valence-electron chi connectivity index (χ2n) is 5.04. The fourth-order valence-electron chi connectivity index (χ4n) is 1.92. The number of benzene rings is 2. The van der Waals surface area contributed by atoms with Crippen LogP contribution in [0.2, 0.25) is 0 Å². The number of carbonyl (C=O) groups excluding carboxylic acids is 2. The molecule has 0 unspecified atom stereocenters. The first-order valence-electron chi connectivity index (χ1n) is 7.54. The Bertz CT molecular complexity index is 807. The van der Waals surface area contributed by atoms with E-state index in [4.69, 9.17) is 4.74 Å². The molecule has 2 aromatic rings. The zero-order valence-electron chi connectivity index (χ0n) is 13.6. The SMILES string of the molecule is CC(=O)Nc1ccc(C(=O)NCC#CCOc2cccc(Br)c2)cc1. The zero-order chi connectivity index (χ0) is 18.1. The number of rotatable bonds is 5. The molecule has 2 rings (SSSR count). The normalized spacial score (nSPS) is 9.52. The van der Waals surface area contributed by atoms with Crippen molar-refractivity contribution in [1.29, 1.82) is 0 Å². The fraction of sp³-hybridized carbons (Fsp3) is 0.158. The molecule has 6 heteroatoms. The zero-order valence-corrected chi connectivity index (χ0v) is 15.2. The van der Waals surface area contributed by atoms with Gasteiger partial charge in [0.2, 0.25) is 5.91 Å². The van der Waals surface area contributed by atoms with E-state index in [0.29, 0.717) is 11.3 Å². The van der Waals surface area contributed by atoms with Gasteiger partial charge in [0.15, 0.2) is 0 Å². The second-order valence-corrected chi connectivity index (χ2v) is 5.96. The maximum Gasteiger partial charge on any atom is 0.252 e. The van der Waals surface area contributed by atoms with E-state index in [1.54, 1.807) is 24.3 Å². The van der Waals surface area contributed by atoms with Gasteiger partial charge in [0.05, 0.1) is 6.54 Å². The van der Waals surface area contributed by atoms with Crippen LogP contribution >= 0.6 is 15.9 Å². The molecule has 0 aliphatic heterocycles. The summed E-state index contributed by atoms with van der Waals surface area (Å²) in [6.45, 7) is 1.91. The lowest BCUT2D eigenvalue weighted by Crippen LogP contribution is -2.23. The van der Waals surface area contributed by atoms with Crippen LogP contribution in [0.5, 0.6) is 5.75 Å². The molecule has 0 saturated heterocycles. The van der Waals surface area contributed by atoms with E-state index in [9.17, 15) is 9.59 Å². The molecule has 0 heterocycles. The van der Waals surface area contributed by atoms with Crippen molar-refractivity contribution >= 4 is 33.4 Å². The van der Waals surface area contributed by atoms with E-state index in [1.165, 1.54) is 6.92 Å². The Morgan fingerprint density at radius 1 is 1.12 bits per heavy atom. The highest BCUT2D eigenvalue weighted by molar-refractivity contribution is 9.10. The number of halogens is 1. The van der Waals surface area contributed by atoms with Crippen LogP contribution in [-0.2, 0) is 4.79 Å². The number of hydrogen-bond acceptors (Lipinski definition) is 3. The number of ether oxygens (including phenoxy) is 1. The molecular weight excluding hydrogens is 384 g/mol. The highest BCUT2D eigenvalue weighted by atomic mass is 79.9. The third-order valence-electron chi connectivity index (χ3n) is 3.04. The Morgan fingerprint density at radius 3 is 2.56 bits per heavy atom. The minimum Gasteiger partial charge on any atom is -0.481 e. The molecule has 0 bridgehead atoms. The Labute approximate surface area is 154 Å². The van der Waals surface area contributed by atoms with Gasteiger partial charge >= 0.3 is 0 Å². The van der Waals surface area contributed by atoms with Crippen LogP contribution in [0.4, 0.5) is 5.69 Å². The topological polar surface area (TPSA) is 67.4 Å². The molecule has 0 fully saturated rings. The number of nitrogens with one attached hydrogen (secondary N) is 2. The van der Waals surface area contributed by atoms with Crippen molar-refractivity contribution in [3.63, 3.8) is 0 Å². The van der Waals surface area contributed by atoms with Crippen LogP contribution in [0.3, 0.4) is 0 Å². The Balaban J connectivity index is 1.74. The largest absolute Gasteiger partial charge is 0.481 e. The van der Waals surface area contributed by atoms with Crippen molar-refractivity contribution < 1.29 is 14.3 Å². The van der Waals surface area contributed by atoms with Gasteiger partial charge in [-0.2, -0.15) is 0 Å². The van der Waals surface area contributed by atoms with Gasteiger partial charge in [-0.15, -0.1) is 0 Å². The van der Waals surface area contributed by atoms with Crippen molar-refractivity contribution in [3.8, 4) is 17.6 Å². The van der Waals surface area contributed by atoms with Crippen LogP contribution in [0.15, 0.2) is 53.0 Å². The first kappa shape index (κ1) is 18.6. The maximum absolute atomic E-state index is 12.0. The maximum atomic E-state index is 12.0. The molecule has 5 nitrogen and oxygen atoms in total. The quantitative estimate of drug-likeness (QED) is 0.757. The summed E-state index contributed by atoms with van der Waals surface area (Å²) in [7, 11) is 0. The predicted molar refractivity (Wildman–Crippen MR) is 100 cm³/mol. The standard InChI is InChI=1S/C19H17BrN2O3/c1-14(23)22-17-9-7-15(8-10-17)19(24)21-11-2-3-12-25-18-6-4-5-16(20)13-18/h4-10,13H,11-12H2,1H3,(H,21,24)(H,22,23). The van der Waals surface area contributed by atoms with Crippen molar-refractivity contribution in [2.45, 2.75) is 6.92 Å². The molecule has 2 amide bonds. The summed E-state index contributed by atoms with van der Waals surface area (Å²) in [5.41, 5.74) is 1.15. The molecule has 2 N–H and O–H groups in total. The Morgan fingerprint density at radius 2 is 1.88 bits per heavy atom. The molecule has 25 heavy (non-hydrogen) atoms. The molecular formula is C19H17BrN2O3. The summed E-state index contributed by atoms with van der Waals surface area (Å²) in [6, 6.07) is 14.1. The predicted octanol–water partition coefficient (Wildman–Crippen LogP) is 3.22. The molecule has 0 aliphatic rings. The van der Waals surface area contributed by atoms with Crippen molar-refractivity contribution in [2.75, 3.05) is 18.5 Å². The fourth-order valence-corrected chi connectivity index (χ4v) is 2.30. The lowest BCUT2D eigenvalue weighted by Gasteiger charge is -2.04. The van der Waals surface area contributed by atoms with Gasteiger partial charge in [-0.3, -0.25) is 9.59 Å². The lowest BCUT2D eigenvalue weighted by atomic mass is 10.2. The van der Waals surface area contributed by atoms with Crippen LogP contribution < -0.4 is 15.4 Å². The van der Waals surface area contributed by atoms with E-state index in [2.05, 4.69) is 38.4 Å².